The van der Waals surface area contributed by atoms with Crippen molar-refractivity contribution in [1.82, 2.24) is 4.90 Å². The summed E-state index contributed by atoms with van der Waals surface area (Å²) < 4.78 is 0. The molecule has 0 radical (unpaired) electrons. The lowest BCUT2D eigenvalue weighted by Crippen LogP contribution is -2.36. The maximum atomic E-state index is 12.9. The number of aryl methyl sites for hydroxylation is 2. The van der Waals surface area contributed by atoms with E-state index in [-0.39, 0.29) is 11.5 Å². The molecule has 0 fully saturated rings. The van der Waals surface area contributed by atoms with Crippen LogP contribution in [0.4, 0.5) is 0 Å². The van der Waals surface area contributed by atoms with Gasteiger partial charge in [-0.25, -0.2) is 4.79 Å². The van der Waals surface area contributed by atoms with E-state index in [9.17, 15) is 9.59 Å². The molecule has 0 unspecified atom stereocenters. The van der Waals surface area contributed by atoms with Crippen LogP contribution < -0.4 is 0 Å². The number of nitrogens with zero attached hydrogens (tertiary/aromatic N) is 1. The predicted octanol–water partition coefficient (Wildman–Crippen LogP) is 3.20. The van der Waals surface area contributed by atoms with Crippen LogP contribution in [0.5, 0.6) is 0 Å². The smallest absolute Gasteiger partial charge is 0.335 e. The van der Waals surface area contributed by atoms with Gasteiger partial charge in [-0.3, -0.25) is 4.79 Å². The van der Waals surface area contributed by atoms with Gasteiger partial charge in [0.2, 0.25) is 0 Å². The van der Waals surface area contributed by atoms with E-state index in [1.165, 1.54) is 0 Å². The van der Waals surface area contributed by atoms with Crippen molar-refractivity contribution in [3.8, 4) is 0 Å². The molecule has 1 aliphatic rings. The van der Waals surface area contributed by atoms with E-state index in [4.69, 9.17) is 5.11 Å². The molecule has 1 aliphatic heterocycles. The Morgan fingerprint density at radius 3 is 2.39 bits per heavy atom. The highest BCUT2D eigenvalue weighted by Crippen LogP contribution is 2.24. The summed E-state index contributed by atoms with van der Waals surface area (Å²) in [7, 11) is 0. The van der Waals surface area contributed by atoms with Crippen LogP contribution in [0.2, 0.25) is 0 Å². The molecular formula is C19H19NO3. The van der Waals surface area contributed by atoms with E-state index in [0.717, 1.165) is 34.2 Å². The zero-order chi connectivity index (χ0) is 16.6. The summed E-state index contributed by atoms with van der Waals surface area (Å²) in [5.41, 5.74) is 5.02. The molecular weight excluding hydrogens is 290 g/mol. The number of carboxylic acid groups (broad SMARTS) is 1. The maximum Gasteiger partial charge on any atom is 0.335 e. The number of fused-ring (bicyclic) bond motifs is 1. The van der Waals surface area contributed by atoms with Crippen molar-refractivity contribution >= 4 is 11.9 Å². The summed E-state index contributed by atoms with van der Waals surface area (Å²) in [6.07, 6.45) is 0.756. The Balaban J connectivity index is 1.91. The number of amides is 1. The highest BCUT2D eigenvalue weighted by Gasteiger charge is 2.24. The number of carbonyl (C=O) groups is 2. The van der Waals surface area contributed by atoms with Crippen molar-refractivity contribution in [3.63, 3.8) is 0 Å². The summed E-state index contributed by atoms with van der Waals surface area (Å²) in [4.78, 5) is 25.8. The minimum absolute atomic E-state index is 0.0204. The molecule has 1 heterocycles. The van der Waals surface area contributed by atoms with Gasteiger partial charge in [0.25, 0.3) is 5.91 Å². The summed E-state index contributed by atoms with van der Waals surface area (Å²) in [6, 6.07) is 11.0. The SMILES string of the molecule is Cc1cccc(C)c1C(=O)N1CCc2ccc(C(=O)O)cc2C1. The summed E-state index contributed by atoms with van der Waals surface area (Å²) in [5, 5.41) is 9.13. The van der Waals surface area contributed by atoms with Crippen LogP contribution in [-0.2, 0) is 13.0 Å². The Hall–Kier alpha value is -2.62. The molecule has 23 heavy (non-hydrogen) atoms. The molecule has 2 aromatic rings. The Morgan fingerprint density at radius 2 is 1.74 bits per heavy atom. The van der Waals surface area contributed by atoms with Crippen molar-refractivity contribution in [3.05, 3.63) is 69.8 Å². The third kappa shape index (κ3) is 2.84. The first-order valence-electron chi connectivity index (χ1n) is 7.68. The highest BCUT2D eigenvalue weighted by molar-refractivity contribution is 5.97. The molecule has 1 amide bonds. The highest BCUT2D eigenvalue weighted by atomic mass is 16.4. The van der Waals surface area contributed by atoms with Crippen LogP contribution in [0.15, 0.2) is 36.4 Å². The van der Waals surface area contributed by atoms with Crippen LogP contribution in [0.25, 0.3) is 0 Å². The van der Waals surface area contributed by atoms with Crippen molar-refractivity contribution in [2.45, 2.75) is 26.8 Å². The third-order valence-corrected chi connectivity index (χ3v) is 4.45. The third-order valence-electron chi connectivity index (χ3n) is 4.45. The van der Waals surface area contributed by atoms with Gasteiger partial charge in [-0.15, -0.1) is 0 Å². The van der Waals surface area contributed by atoms with Gasteiger partial charge >= 0.3 is 5.97 Å². The molecule has 1 N–H and O–H groups in total. The van der Waals surface area contributed by atoms with E-state index < -0.39 is 5.97 Å². The van der Waals surface area contributed by atoms with Crippen LogP contribution in [-0.4, -0.2) is 28.4 Å². The normalized spacial score (nSPS) is 13.6. The lowest BCUT2D eigenvalue weighted by Gasteiger charge is -2.30. The molecule has 4 heteroatoms. The van der Waals surface area contributed by atoms with Crippen LogP contribution in [0.1, 0.15) is 43.0 Å². The minimum atomic E-state index is -0.939. The molecule has 0 saturated heterocycles. The van der Waals surface area contributed by atoms with Gasteiger partial charge in [0.1, 0.15) is 0 Å². The van der Waals surface area contributed by atoms with E-state index in [1.807, 2.05) is 43.0 Å². The second kappa shape index (κ2) is 5.88. The molecule has 3 rings (SSSR count). The maximum absolute atomic E-state index is 12.9. The number of carbonyl (C=O) groups excluding carboxylic acids is 1. The molecule has 0 atom stereocenters. The van der Waals surface area contributed by atoms with Gasteiger partial charge in [0.15, 0.2) is 0 Å². The van der Waals surface area contributed by atoms with Gasteiger partial charge in [-0.1, -0.05) is 24.3 Å². The molecule has 118 valence electrons. The standard InChI is InChI=1S/C19H19NO3/c1-12-4-3-5-13(2)17(12)18(21)20-9-8-14-6-7-15(19(22)23)10-16(14)11-20/h3-7,10H,8-9,11H2,1-2H3,(H,22,23). The molecule has 0 aromatic heterocycles. The Kier molecular flexibility index (Phi) is 3.90. The quantitative estimate of drug-likeness (QED) is 0.927. The van der Waals surface area contributed by atoms with Crippen molar-refractivity contribution < 1.29 is 14.7 Å². The van der Waals surface area contributed by atoms with E-state index >= 15 is 0 Å². The second-order valence-corrected chi connectivity index (χ2v) is 6.03. The Labute approximate surface area is 135 Å². The van der Waals surface area contributed by atoms with Crippen LogP contribution >= 0.6 is 0 Å². The molecule has 0 spiro atoms. The van der Waals surface area contributed by atoms with Gasteiger partial charge < -0.3 is 10.0 Å². The number of aromatic carboxylic acids is 1. The molecule has 2 aromatic carbocycles. The first-order chi connectivity index (χ1) is 11.0. The average molecular weight is 309 g/mol. The largest absolute Gasteiger partial charge is 0.478 e. The zero-order valence-corrected chi connectivity index (χ0v) is 13.3. The predicted molar refractivity (Wildman–Crippen MR) is 87.8 cm³/mol. The molecule has 4 nitrogen and oxygen atoms in total. The summed E-state index contributed by atoms with van der Waals surface area (Å²) in [5.74, 6) is -0.919. The average Bonchev–Trinajstić information content (AvgIpc) is 2.53. The van der Waals surface area contributed by atoms with E-state index in [2.05, 4.69) is 0 Å². The fraction of sp³-hybridized carbons (Fsp3) is 0.263. The summed E-state index contributed by atoms with van der Waals surface area (Å²) in [6.45, 7) is 5.01. The van der Waals surface area contributed by atoms with Gasteiger partial charge in [0, 0.05) is 18.7 Å². The number of hydrogen-bond donors (Lipinski definition) is 1. The number of carboxylic acids is 1. The lowest BCUT2D eigenvalue weighted by molar-refractivity contribution is 0.0696. The fourth-order valence-electron chi connectivity index (χ4n) is 3.17. The van der Waals surface area contributed by atoms with Crippen molar-refractivity contribution in [2.75, 3.05) is 6.54 Å². The molecule has 0 saturated carbocycles. The second-order valence-electron chi connectivity index (χ2n) is 6.03. The van der Waals surface area contributed by atoms with Gasteiger partial charge in [-0.05, 0) is 54.7 Å². The lowest BCUT2D eigenvalue weighted by atomic mass is 9.95. The van der Waals surface area contributed by atoms with Gasteiger partial charge in [-0.2, -0.15) is 0 Å². The van der Waals surface area contributed by atoms with Crippen molar-refractivity contribution in [2.24, 2.45) is 0 Å². The monoisotopic (exact) mass is 309 g/mol. The Morgan fingerprint density at radius 1 is 1.04 bits per heavy atom. The number of rotatable bonds is 2. The van der Waals surface area contributed by atoms with E-state index in [0.29, 0.717) is 13.1 Å². The zero-order valence-electron chi connectivity index (χ0n) is 13.3. The fourth-order valence-corrected chi connectivity index (χ4v) is 3.17. The first-order valence-corrected chi connectivity index (χ1v) is 7.68. The van der Waals surface area contributed by atoms with Crippen molar-refractivity contribution in [1.29, 1.82) is 0 Å². The molecule has 0 bridgehead atoms. The first kappa shape index (κ1) is 15.3. The van der Waals surface area contributed by atoms with E-state index in [1.54, 1.807) is 12.1 Å². The van der Waals surface area contributed by atoms with Crippen LogP contribution in [0, 0.1) is 13.8 Å². The van der Waals surface area contributed by atoms with Crippen LogP contribution in [0.3, 0.4) is 0 Å². The number of benzene rings is 2. The molecule has 0 aliphatic carbocycles. The Bertz CT molecular complexity index is 775. The van der Waals surface area contributed by atoms with Gasteiger partial charge in [0.05, 0.1) is 5.56 Å². The number of hydrogen-bond acceptors (Lipinski definition) is 2. The topological polar surface area (TPSA) is 57.6 Å². The minimum Gasteiger partial charge on any atom is -0.478 e. The summed E-state index contributed by atoms with van der Waals surface area (Å²) >= 11 is 0.